The van der Waals surface area contributed by atoms with Gasteiger partial charge in [-0.05, 0) is 47.1 Å². The highest BCUT2D eigenvalue weighted by molar-refractivity contribution is 14.1. The topological polar surface area (TPSA) is 64.7 Å². The third kappa shape index (κ3) is 2.95. The average Bonchev–Trinajstić information content (AvgIpc) is 2.35. The Balaban J connectivity index is 2.47. The number of hydrogen-bond acceptors (Lipinski definition) is 4. The predicted molar refractivity (Wildman–Crippen MR) is 80.9 cm³/mol. The molecule has 0 aromatic carbocycles. The van der Waals surface area contributed by atoms with Gasteiger partial charge in [-0.3, -0.25) is 4.98 Å². The van der Waals surface area contributed by atoms with Crippen LogP contribution in [0.4, 0.5) is 5.82 Å². The van der Waals surface area contributed by atoms with E-state index < -0.39 is 0 Å². The van der Waals surface area contributed by atoms with E-state index in [1.807, 2.05) is 18.2 Å². The van der Waals surface area contributed by atoms with Crippen LogP contribution in [0.15, 0.2) is 24.4 Å². The lowest BCUT2D eigenvalue weighted by Gasteiger charge is -2.10. The van der Waals surface area contributed by atoms with Crippen molar-refractivity contribution in [1.29, 1.82) is 0 Å². The second-order valence-electron chi connectivity index (χ2n) is 4.51. The Morgan fingerprint density at radius 3 is 2.67 bits per heavy atom. The minimum atomic E-state index is 0.530. The summed E-state index contributed by atoms with van der Waals surface area (Å²) in [7, 11) is 0. The largest absolute Gasteiger partial charge is 0.383 e. The summed E-state index contributed by atoms with van der Waals surface area (Å²) >= 11 is 2.20. The van der Waals surface area contributed by atoms with Crippen molar-refractivity contribution in [1.82, 2.24) is 15.0 Å². The summed E-state index contributed by atoms with van der Waals surface area (Å²) in [5.74, 6) is 1.66. The molecule has 2 rings (SSSR count). The molecule has 0 fully saturated rings. The maximum Gasteiger partial charge on any atom is 0.180 e. The van der Waals surface area contributed by atoms with Crippen LogP contribution < -0.4 is 5.73 Å². The molecule has 94 valence electrons. The van der Waals surface area contributed by atoms with E-state index in [1.165, 1.54) is 0 Å². The first-order valence-corrected chi connectivity index (χ1v) is 6.89. The molecule has 0 aliphatic heterocycles. The van der Waals surface area contributed by atoms with E-state index in [0.29, 0.717) is 17.6 Å². The van der Waals surface area contributed by atoms with Crippen molar-refractivity contribution < 1.29 is 0 Å². The molecule has 2 aromatic rings. The molecule has 5 heteroatoms. The van der Waals surface area contributed by atoms with E-state index in [-0.39, 0.29) is 0 Å². The van der Waals surface area contributed by atoms with Crippen LogP contribution in [0.3, 0.4) is 0 Å². The number of aromatic nitrogens is 3. The van der Waals surface area contributed by atoms with Crippen LogP contribution in [-0.2, 0) is 6.42 Å². The molecule has 0 aliphatic carbocycles. The van der Waals surface area contributed by atoms with Crippen LogP contribution in [-0.4, -0.2) is 15.0 Å². The summed E-state index contributed by atoms with van der Waals surface area (Å²) in [4.78, 5) is 13.1. The van der Waals surface area contributed by atoms with E-state index in [1.54, 1.807) is 6.20 Å². The molecule has 18 heavy (non-hydrogen) atoms. The van der Waals surface area contributed by atoms with Crippen molar-refractivity contribution in [2.24, 2.45) is 5.92 Å². The number of pyridine rings is 1. The number of nitrogens with zero attached hydrogens (tertiary/aromatic N) is 3. The van der Waals surface area contributed by atoms with E-state index in [9.17, 15) is 0 Å². The maximum absolute atomic E-state index is 5.95. The first kappa shape index (κ1) is 13.2. The van der Waals surface area contributed by atoms with Gasteiger partial charge in [0.25, 0.3) is 0 Å². The van der Waals surface area contributed by atoms with Gasteiger partial charge in [-0.15, -0.1) is 0 Å². The van der Waals surface area contributed by atoms with Gasteiger partial charge in [0.05, 0.1) is 9.26 Å². The van der Waals surface area contributed by atoms with Crippen molar-refractivity contribution in [3.63, 3.8) is 0 Å². The van der Waals surface area contributed by atoms with Gasteiger partial charge in [0.1, 0.15) is 11.5 Å². The highest BCUT2D eigenvalue weighted by Crippen LogP contribution is 2.22. The molecule has 0 unspecified atom stereocenters. The Bertz CT molecular complexity index is 540. The van der Waals surface area contributed by atoms with Gasteiger partial charge in [0.15, 0.2) is 5.82 Å². The van der Waals surface area contributed by atoms with Gasteiger partial charge in [0, 0.05) is 6.20 Å². The van der Waals surface area contributed by atoms with Crippen LogP contribution in [0.1, 0.15) is 19.5 Å². The Morgan fingerprint density at radius 1 is 1.28 bits per heavy atom. The average molecular weight is 354 g/mol. The quantitative estimate of drug-likeness (QED) is 0.861. The molecule has 2 N–H and O–H groups in total. The molecule has 0 spiro atoms. The normalized spacial score (nSPS) is 10.9. The zero-order valence-corrected chi connectivity index (χ0v) is 12.5. The lowest BCUT2D eigenvalue weighted by Crippen LogP contribution is -2.08. The Hall–Kier alpha value is -1.24. The lowest BCUT2D eigenvalue weighted by atomic mass is 10.1. The Kier molecular flexibility index (Phi) is 4.11. The molecule has 4 nitrogen and oxygen atoms in total. The molecular weight excluding hydrogens is 339 g/mol. The molecule has 0 bridgehead atoms. The highest BCUT2D eigenvalue weighted by atomic mass is 127. The van der Waals surface area contributed by atoms with Gasteiger partial charge >= 0.3 is 0 Å². The summed E-state index contributed by atoms with van der Waals surface area (Å²) in [5, 5.41) is 0. The summed E-state index contributed by atoms with van der Waals surface area (Å²) in [6.45, 7) is 4.32. The van der Waals surface area contributed by atoms with Gasteiger partial charge in [-0.25, -0.2) is 9.97 Å². The molecule has 2 heterocycles. The van der Waals surface area contributed by atoms with Gasteiger partial charge < -0.3 is 5.73 Å². The Morgan fingerprint density at radius 2 is 2.06 bits per heavy atom. The monoisotopic (exact) mass is 354 g/mol. The van der Waals surface area contributed by atoms with Crippen molar-refractivity contribution in [3.05, 3.63) is 33.7 Å². The molecule has 0 radical (unpaired) electrons. The molecule has 2 aromatic heterocycles. The van der Waals surface area contributed by atoms with Crippen LogP contribution in [0.25, 0.3) is 11.5 Å². The fourth-order valence-electron chi connectivity index (χ4n) is 1.64. The van der Waals surface area contributed by atoms with Gasteiger partial charge in [-0.2, -0.15) is 0 Å². The third-order valence-corrected chi connectivity index (χ3v) is 3.62. The SMILES string of the molecule is CC(C)Cc1nc(-c2ccccn2)nc(N)c1I. The van der Waals surface area contributed by atoms with E-state index in [2.05, 4.69) is 51.4 Å². The smallest absolute Gasteiger partial charge is 0.180 e. The van der Waals surface area contributed by atoms with Crippen LogP contribution in [0, 0.1) is 9.49 Å². The summed E-state index contributed by atoms with van der Waals surface area (Å²) in [5.41, 5.74) is 7.70. The van der Waals surface area contributed by atoms with Crippen LogP contribution in [0.5, 0.6) is 0 Å². The number of nitrogen functional groups attached to an aromatic ring is 1. The zero-order chi connectivity index (χ0) is 13.1. The third-order valence-electron chi connectivity index (χ3n) is 2.44. The van der Waals surface area contributed by atoms with E-state index in [4.69, 9.17) is 5.73 Å². The van der Waals surface area contributed by atoms with Crippen LogP contribution in [0.2, 0.25) is 0 Å². The van der Waals surface area contributed by atoms with Crippen molar-refractivity contribution in [2.45, 2.75) is 20.3 Å². The molecule has 0 amide bonds. The first-order valence-electron chi connectivity index (χ1n) is 5.81. The van der Waals surface area contributed by atoms with Crippen molar-refractivity contribution in [3.8, 4) is 11.5 Å². The number of nitrogens with two attached hydrogens (primary N) is 1. The lowest BCUT2D eigenvalue weighted by molar-refractivity contribution is 0.632. The fourth-order valence-corrected chi connectivity index (χ4v) is 2.11. The predicted octanol–water partition coefficient (Wildman–Crippen LogP) is 2.92. The van der Waals surface area contributed by atoms with Gasteiger partial charge in [0.2, 0.25) is 0 Å². The second-order valence-corrected chi connectivity index (χ2v) is 5.58. The molecular formula is C13H15IN4. The highest BCUT2D eigenvalue weighted by Gasteiger charge is 2.13. The van der Waals surface area contributed by atoms with Crippen LogP contribution >= 0.6 is 22.6 Å². The maximum atomic E-state index is 5.95. The Labute approximate surface area is 120 Å². The van der Waals surface area contributed by atoms with E-state index >= 15 is 0 Å². The summed E-state index contributed by atoms with van der Waals surface area (Å²) in [6.07, 6.45) is 2.62. The fraction of sp³-hybridized carbons (Fsp3) is 0.308. The number of rotatable bonds is 3. The number of anilines is 1. The summed E-state index contributed by atoms with van der Waals surface area (Å²) in [6, 6.07) is 5.68. The minimum absolute atomic E-state index is 0.530. The molecule has 0 atom stereocenters. The standard InChI is InChI=1S/C13H15IN4/c1-8(2)7-10-11(14)12(15)18-13(17-10)9-5-3-4-6-16-9/h3-6,8H,7H2,1-2H3,(H2,15,17,18). The number of hydrogen-bond donors (Lipinski definition) is 1. The molecule has 0 aliphatic rings. The van der Waals surface area contributed by atoms with Crippen molar-refractivity contribution >= 4 is 28.4 Å². The zero-order valence-electron chi connectivity index (χ0n) is 10.4. The number of halogens is 1. The summed E-state index contributed by atoms with van der Waals surface area (Å²) < 4.78 is 0.945. The van der Waals surface area contributed by atoms with E-state index in [0.717, 1.165) is 21.4 Å². The molecule has 0 saturated heterocycles. The molecule has 0 saturated carbocycles. The van der Waals surface area contributed by atoms with Crippen molar-refractivity contribution in [2.75, 3.05) is 5.73 Å². The first-order chi connectivity index (χ1) is 8.58. The second kappa shape index (κ2) is 5.60. The van der Waals surface area contributed by atoms with Gasteiger partial charge in [-0.1, -0.05) is 19.9 Å². The minimum Gasteiger partial charge on any atom is -0.383 e.